The number of ether oxygens (including phenoxy) is 1. The molecule has 0 bridgehead atoms. The van der Waals surface area contributed by atoms with E-state index in [1.807, 2.05) is 0 Å². The number of hydrazine groups is 1. The minimum absolute atomic E-state index is 0.223. The van der Waals surface area contributed by atoms with Gasteiger partial charge in [0.25, 0.3) is 0 Å². The molecule has 1 aliphatic rings. The second-order valence-corrected chi connectivity index (χ2v) is 5.99. The van der Waals surface area contributed by atoms with Crippen molar-refractivity contribution in [2.45, 2.75) is 44.8 Å². The van der Waals surface area contributed by atoms with Gasteiger partial charge in [-0.3, -0.25) is 11.3 Å². The second-order valence-electron chi connectivity index (χ2n) is 4.91. The summed E-state index contributed by atoms with van der Waals surface area (Å²) >= 11 is 2.40. The smallest absolute Gasteiger partial charge is 0.0576 e. The van der Waals surface area contributed by atoms with E-state index in [1.165, 1.54) is 27.5 Å². The van der Waals surface area contributed by atoms with Gasteiger partial charge in [0.05, 0.1) is 6.10 Å². The number of halogens is 1. The van der Waals surface area contributed by atoms with Crippen molar-refractivity contribution in [1.82, 2.24) is 5.43 Å². The molecule has 0 aromatic heterocycles. The van der Waals surface area contributed by atoms with Crippen molar-refractivity contribution in [3.8, 4) is 0 Å². The highest BCUT2D eigenvalue weighted by Gasteiger charge is 2.19. The molecule has 2 rings (SSSR count). The van der Waals surface area contributed by atoms with E-state index in [-0.39, 0.29) is 6.04 Å². The molecule has 1 aromatic rings. The van der Waals surface area contributed by atoms with Crippen LogP contribution in [0.25, 0.3) is 0 Å². The zero-order chi connectivity index (χ0) is 13.0. The Labute approximate surface area is 123 Å². The third kappa shape index (κ3) is 3.44. The van der Waals surface area contributed by atoms with Gasteiger partial charge >= 0.3 is 0 Å². The van der Waals surface area contributed by atoms with Crippen LogP contribution in [-0.2, 0) is 4.74 Å². The van der Waals surface area contributed by atoms with Crippen molar-refractivity contribution in [3.05, 3.63) is 32.9 Å². The Morgan fingerprint density at radius 2 is 2.39 bits per heavy atom. The van der Waals surface area contributed by atoms with Crippen LogP contribution in [0.15, 0.2) is 18.2 Å². The van der Waals surface area contributed by atoms with Gasteiger partial charge in [0.15, 0.2) is 0 Å². The van der Waals surface area contributed by atoms with E-state index in [2.05, 4.69) is 53.1 Å². The summed E-state index contributed by atoms with van der Waals surface area (Å²) in [4.78, 5) is 0. The van der Waals surface area contributed by atoms with E-state index in [4.69, 9.17) is 10.6 Å². The molecule has 1 fully saturated rings. The average molecular weight is 360 g/mol. The quantitative estimate of drug-likeness (QED) is 0.482. The highest BCUT2D eigenvalue weighted by molar-refractivity contribution is 14.1. The van der Waals surface area contributed by atoms with Crippen molar-refractivity contribution in [1.29, 1.82) is 0 Å². The summed E-state index contributed by atoms with van der Waals surface area (Å²) in [5, 5.41) is 0. The lowest BCUT2D eigenvalue weighted by Gasteiger charge is -2.20. The average Bonchev–Trinajstić information content (AvgIpc) is 2.88. The van der Waals surface area contributed by atoms with E-state index in [0.717, 1.165) is 19.4 Å². The predicted octanol–water partition coefficient (Wildman–Crippen LogP) is 3.06. The number of nitrogens with two attached hydrogens (primary N) is 1. The first-order valence-electron chi connectivity index (χ1n) is 6.55. The molecule has 0 radical (unpaired) electrons. The number of aryl methyl sites for hydroxylation is 1. The fraction of sp³-hybridized carbons (Fsp3) is 0.571. The molecule has 0 saturated carbocycles. The third-order valence-corrected chi connectivity index (χ3v) is 5.07. The maximum atomic E-state index is 5.71. The zero-order valence-electron chi connectivity index (χ0n) is 10.8. The summed E-state index contributed by atoms with van der Waals surface area (Å²) in [5.41, 5.74) is 5.56. The summed E-state index contributed by atoms with van der Waals surface area (Å²) in [6, 6.07) is 6.62. The Kier molecular flexibility index (Phi) is 5.41. The Balaban J connectivity index is 2.00. The van der Waals surface area contributed by atoms with Crippen molar-refractivity contribution >= 4 is 22.6 Å². The first-order chi connectivity index (χ1) is 8.72. The van der Waals surface area contributed by atoms with Crippen LogP contribution >= 0.6 is 22.6 Å². The molecule has 2 unspecified atom stereocenters. The number of rotatable bonds is 5. The fourth-order valence-electron chi connectivity index (χ4n) is 2.49. The van der Waals surface area contributed by atoms with E-state index in [0.29, 0.717) is 6.10 Å². The van der Waals surface area contributed by atoms with E-state index < -0.39 is 0 Å². The van der Waals surface area contributed by atoms with Gasteiger partial charge in [-0.15, -0.1) is 0 Å². The molecule has 100 valence electrons. The standard InChI is InChI=1S/C14H21IN2O/c1-10-4-2-6-12(14(10)15)13(17-16)8-7-11-5-3-9-18-11/h2,4,6,11,13,17H,3,5,7-9,16H2,1H3. The van der Waals surface area contributed by atoms with Crippen molar-refractivity contribution in [3.63, 3.8) is 0 Å². The van der Waals surface area contributed by atoms with Crippen LogP contribution in [0.2, 0.25) is 0 Å². The number of nitrogens with one attached hydrogen (secondary N) is 1. The zero-order valence-corrected chi connectivity index (χ0v) is 12.9. The molecule has 0 amide bonds. The van der Waals surface area contributed by atoms with Gasteiger partial charge in [-0.2, -0.15) is 0 Å². The molecule has 1 saturated heterocycles. The maximum Gasteiger partial charge on any atom is 0.0576 e. The van der Waals surface area contributed by atoms with Gasteiger partial charge in [-0.25, -0.2) is 0 Å². The van der Waals surface area contributed by atoms with E-state index in [1.54, 1.807) is 0 Å². The highest BCUT2D eigenvalue weighted by atomic mass is 127. The van der Waals surface area contributed by atoms with Crippen molar-refractivity contribution < 1.29 is 4.74 Å². The van der Waals surface area contributed by atoms with Gasteiger partial charge in [0.2, 0.25) is 0 Å². The van der Waals surface area contributed by atoms with Gasteiger partial charge < -0.3 is 4.74 Å². The predicted molar refractivity (Wildman–Crippen MR) is 82.2 cm³/mol. The van der Waals surface area contributed by atoms with Crippen LogP contribution in [0.4, 0.5) is 0 Å². The van der Waals surface area contributed by atoms with Crippen LogP contribution in [0.1, 0.15) is 42.9 Å². The summed E-state index contributed by atoms with van der Waals surface area (Å²) in [5.74, 6) is 5.71. The number of hydrogen-bond acceptors (Lipinski definition) is 3. The topological polar surface area (TPSA) is 47.3 Å². The summed E-state index contributed by atoms with van der Waals surface area (Å²) < 4.78 is 6.98. The fourth-order valence-corrected chi connectivity index (χ4v) is 3.23. The summed E-state index contributed by atoms with van der Waals surface area (Å²) in [6.45, 7) is 3.06. The van der Waals surface area contributed by atoms with Gasteiger partial charge in [0.1, 0.15) is 0 Å². The molecule has 1 aliphatic heterocycles. The molecular weight excluding hydrogens is 339 g/mol. The van der Waals surface area contributed by atoms with Gasteiger partial charge in [-0.1, -0.05) is 18.2 Å². The minimum Gasteiger partial charge on any atom is -0.378 e. The first kappa shape index (κ1) is 14.2. The lowest BCUT2D eigenvalue weighted by atomic mass is 9.98. The normalized spacial score (nSPS) is 21.2. The van der Waals surface area contributed by atoms with E-state index >= 15 is 0 Å². The third-order valence-electron chi connectivity index (χ3n) is 3.60. The molecule has 18 heavy (non-hydrogen) atoms. The molecule has 2 atom stereocenters. The van der Waals surface area contributed by atoms with Crippen LogP contribution in [0.5, 0.6) is 0 Å². The number of benzene rings is 1. The second kappa shape index (κ2) is 6.84. The summed E-state index contributed by atoms with van der Waals surface area (Å²) in [6.07, 6.45) is 4.94. The van der Waals surface area contributed by atoms with Crippen molar-refractivity contribution in [2.24, 2.45) is 5.84 Å². The van der Waals surface area contributed by atoms with Gasteiger partial charge in [0, 0.05) is 16.2 Å². The summed E-state index contributed by atoms with van der Waals surface area (Å²) in [7, 11) is 0. The van der Waals surface area contributed by atoms with Crippen LogP contribution < -0.4 is 11.3 Å². The molecule has 1 aromatic carbocycles. The number of hydrogen-bond donors (Lipinski definition) is 2. The minimum atomic E-state index is 0.223. The molecule has 0 spiro atoms. The van der Waals surface area contributed by atoms with Crippen molar-refractivity contribution in [2.75, 3.05) is 6.61 Å². The first-order valence-corrected chi connectivity index (χ1v) is 7.63. The Morgan fingerprint density at radius 3 is 3.06 bits per heavy atom. The Morgan fingerprint density at radius 1 is 1.56 bits per heavy atom. The molecule has 3 nitrogen and oxygen atoms in total. The molecule has 3 N–H and O–H groups in total. The highest BCUT2D eigenvalue weighted by Crippen LogP contribution is 2.28. The molecular formula is C14H21IN2O. The Bertz CT molecular complexity index is 391. The monoisotopic (exact) mass is 360 g/mol. The SMILES string of the molecule is Cc1cccc(C(CCC2CCCO2)NN)c1I. The molecule has 0 aliphatic carbocycles. The largest absolute Gasteiger partial charge is 0.378 e. The lowest BCUT2D eigenvalue weighted by molar-refractivity contribution is 0.0996. The molecule has 1 heterocycles. The Hall–Kier alpha value is -0.170. The maximum absolute atomic E-state index is 5.71. The van der Waals surface area contributed by atoms with Crippen LogP contribution in [0, 0.1) is 10.5 Å². The lowest BCUT2D eigenvalue weighted by Crippen LogP contribution is -2.29. The van der Waals surface area contributed by atoms with Gasteiger partial charge in [-0.05, 0) is 66.3 Å². The van der Waals surface area contributed by atoms with Crippen LogP contribution in [0.3, 0.4) is 0 Å². The van der Waals surface area contributed by atoms with Crippen LogP contribution in [-0.4, -0.2) is 12.7 Å². The van der Waals surface area contributed by atoms with E-state index in [9.17, 15) is 0 Å². The molecule has 4 heteroatoms.